The van der Waals surface area contributed by atoms with E-state index in [9.17, 15) is 14.8 Å². The van der Waals surface area contributed by atoms with E-state index in [1.807, 2.05) is 43.3 Å². The summed E-state index contributed by atoms with van der Waals surface area (Å²) in [5.74, 6) is -0.194. The fourth-order valence-corrected chi connectivity index (χ4v) is 4.63. The maximum Gasteiger partial charge on any atom is 0.488 e. The molecule has 0 aliphatic carbocycles. The Bertz CT molecular complexity index is 1310. The Morgan fingerprint density at radius 1 is 0.943 bits per heavy atom. The van der Waals surface area contributed by atoms with E-state index in [0.29, 0.717) is 30.5 Å². The van der Waals surface area contributed by atoms with Crippen molar-refractivity contribution in [2.24, 2.45) is 0 Å². The molecule has 5 nitrogen and oxygen atoms in total. The molecule has 0 aromatic heterocycles. The van der Waals surface area contributed by atoms with Crippen LogP contribution in [0.2, 0.25) is 0 Å². The van der Waals surface area contributed by atoms with Crippen molar-refractivity contribution >= 4 is 40.0 Å². The lowest BCUT2D eigenvalue weighted by molar-refractivity contribution is -0.119. The molecule has 3 N–H and O–H groups in total. The minimum atomic E-state index is -1.57. The van der Waals surface area contributed by atoms with Crippen LogP contribution in [0.15, 0.2) is 91.0 Å². The molecule has 1 atom stereocenters. The molecule has 6 heteroatoms. The molecule has 4 aromatic rings. The van der Waals surface area contributed by atoms with Gasteiger partial charge in [0.05, 0.1) is 6.17 Å². The molecule has 0 radical (unpaired) electrons. The fourth-order valence-electron chi connectivity index (χ4n) is 4.63. The van der Waals surface area contributed by atoms with Gasteiger partial charge in [0, 0.05) is 18.7 Å². The van der Waals surface area contributed by atoms with Crippen LogP contribution < -0.4 is 10.8 Å². The molecule has 0 fully saturated rings. The Morgan fingerprint density at radius 3 is 2.09 bits per heavy atom. The molecular weight excluding hydrogens is 435 g/mol. The van der Waals surface area contributed by atoms with Crippen molar-refractivity contribution < 1.29 is 14.8 Å². The summed E-state index contributed by atoms with van der Waals surface area (Å²) in [6, 6.07) is 26.2. The van der Waals surface area contributed by atoms with Crippen LogP contribution in [0.5, 0.6) is 0 Å². The zero-order valence-corrected chi connectivity index (χ0v) is 20.2. The van der Waals surface area contributed by atoms with Gasteiger partial charge in [-0.25, -0.2) is 0 Å². The lowest BCUT2D eigenvalue weighted by atomic mass is 9.77. The summed E-state index contributed by atoms with van der Waals surface area (Å²) in [7, 11) is -1.57. The van der Waals surface area contributed by atoms with Crippen molar-refractivity contribution in [1.82, 2.24) is 10.2 Å². The van der Waals surface area contributed by atoms with Gasteiger partial charge in [0.1, 0.15) is 0 Å². The second-order valence-corrected chi connectivity index (χ2v) is 8.95. The number of fused-ring (bicyclic) bond motifs is 2. The lowest BCUT2D eigenvalue weighted by Crippen LogP contribution is -2.48. The first kappa shape index (κ1) is 24.7. The highest BCUT2D eigenvalue weighted by atomic mass is 16.4. The molecular formula is C29H31BN2O3. The lowest BCUT2D eigenvalue weighted by Gasteiger charge is -2.33. The predicted octanol–water partition coefficient (Wildman–Crippen LogP) is 4.10. The van der Waals surface area contributed by atoms with Crippen molar-refractivity contribution in [3.8, 4) is 0 Å². The number of benzene rings is 4. The van der Waals surface area contributed by atoms with Gasteiger partial charge in [-0.3, -0.25) is 9.69 Å². The predicted molar refractivity (Wildman–Crippen MR) is 144 cm³/mol. The third kappa shape index (κ3) is 5.46. The molecule has 1 amide bonds. The number of carbonyl (C=O) groups excluding carboxylic acids is 1. The van der Waals surface area contributed by atoms with Gasteiger partial charge >= 0.3 is 7.12 Å². The van der Waals surface area contributed by atoms with E-state index in [1.165, 1.54) is 5.56 Å². The molecule has 0 aliphatic rings. The average Bonchev–Trinajstić information content (AvgIpc) is 2.86. The standard InChI is InChI=1S/C29H31BN2O3/c1-4-28(31-29(33)20(2)3)32(18-23-13-7-10-16-27(23)30(34)35)19-26-24-14-8-5-11-21(24)17-22-12-6-9-15-25(22)26/h5-17,28,34-35H,2,4,18-19H2,1,3H3,(H,31,33). The van der Waals surface area contributed by atoms with Crippen LogP contribution in [0.25, 0.3) is 21.5 Å². The summed E-state index contributed by atoms with van der Waals surface area (Å²) in [5, 5.41) is 27.7. The first-order valence-corrected chi connectivity index (χ1v) is 11.9. The smallest absolute Gasteiger partial charge is 0.423 e. The van der Waals surface area contributed by atoms with Crippen molar-refractivity contribution in [3.05, 3.63) is 102 Å². The number of nitrogens with zero attached hydrogens (tertiary/aromatic N) is 1. The third-order valence-corrected chi connectivity index (χ3v) is 6.46. The van der Waals surface area contributed by atoms with Crippen molar-refractivity contribution in [1.29, 1.82) is 0 Å². The highest BCUT2D eigenvalue weighted by molar-refractivity contribution is 6.59. The maximum absolute atomic E-state index is 12.6. The van der Waals surface area contributed by atoms with Crippen molar-refractivity contribution in [3.63, 3.8) is 0 Å². The monoisotopic (exact) mass is 466 g/mol. The minimum Gasteiger partial charge on any atom is -0.423 e. The molecule has 4 rings (SSSR count). The Balaban J connectivity index is 1.83. The maximum atomic E-state index is 12.6. The van der Waals surface area contributed by atoms with Crippen LogP contribution in [-0.4, -0.2) is 34.1 Å². The summed E-state index contributed by atoms with van der Waals surface area (Å²) in [5.41, 5.74) is 2.88. The second-order valence-electron chi connectivity index (χ2n) is 8.95. The van der Waals surface area contributed by atoms with E-state index in [4.69, 9.17) is 0 Å². The number of carbonyl (C=O) groups is 1. The summed E-state index contributed by atoms with van der Waals surface area (Å²) in [4.78, 5) is 14.8. The van der Waals surface area contributed by atoms with Crippen molar-refractivity contribution in [2.45, 2.75) is 39.5 Å². The number of rotatable bonds is 9. The topological polar surface area (TPSA) is 72.8 Å². The molecule has 178 valence electrons. The van der Waals surface area contributed by atoms with Crippen LogP contribution in [0.1, 0.15) is 31.4 Å². The van der Waals surface area contributed by atoms with Gasteiger partial charge in [0.25, 0.3) is 0 Å². The quantitative estimate of drug-likeness (QED) is 0.150. The minimum absolute atomic E-state index is 0.194. The highest BCUT2D eigenvalue weighted by Gasteiger charge is 2.24. The van der Waals surface area contributed by atoms with Gasteiger partial charge < -0.3 is 15.4 Å². The molecule has 0 heterocycles. The van der Waals surface area contributed by atoms with Crippen LogP contribution in [-0.2, 0) is 17.9 Å². The third-order valence-electron chi connectivity index (χ3n) is 6.46. The van der Waals surface area contributed by atoms with E-state index in [0.717, 1.165) is 27.1 Å². The molecule has 4 aromatic carbocycles. The van der Waals surface area contributed by atoms with Crippen LogP contribution in [0.3, 0.4) is 0 Å². The van der Waals surface area contributed by atoms with Gasteiger partial charge in [0.15, 0.2) is 0 Å². The Morgan fingerprint density at radius 2 is 1.51 bits per heavy atom. The number of hydrogen-bond donors (Lipinski definition) is 3. The molecule has 0 saturated carbocycles. The Kier molecular flexibility index (Phi) is 7.66. The highest BCUT2D eigenvalue weighted by Crippen LogP contribution is 2.30. The van der Waals surface area contributed by atoms with E-state index in [2.05, 4.69) is 47.1 Å². The second kappa shape index (κ2) is 10.9. The molecule has 35 heavy (non-hydrogen) atoms. The SMILES string of the molecule is C=C(C)C(=O)NC(CC)N(Cc1ccccc1B(O)O)Cc1c2ccccc2cc2ccccc12. The van der Waals surface area contributed by atoms with Gasteiger partial charge in [-0.05, 0) is 57.5 Å². The average molecular weight is 466 g/mol. The van der Waals surface area contributed by atoms with E-state index in [-0.39, 0.29) is 12.1 Å². The first-order valence-electron chi connectivity index (χ1n) is 11.9. The zero-order valence-electron chi connectivity index (χ0n) is 20.2. The molecule has 0 spiro atoms. The van der Waals surface area contributed by atoms with Crippen LogP contribution >= 0.6 is 0 Å². The Hall–Kier alpha value is -3.45. The largest absolute Gasteiger partial charge is 0.488 e. The number of nitrogens with one attached hydrogen (secondary N) is 1. The number of hydrogen-bond acceptors (Lipinski definition) is 4. The van der Waals surface area contributed by atoms with Crippen molar-refractivity contribution in [2.75, 3.05) is 0 Å². The number of amides is 1. The van der Waals surface area contributed by atoms with E-state index in [1.54, 1.807) is 19.1 Å². The van der Waals surface area contributed by atoms with Crippen LogP contribution in [0.4, 0.5) is 0 Å². The van der Waals surface area contributed by atoms with E-state index < -0.39 is 7.12 Å². The molecule has 0 bridgehead atoms. The normalized spacial score (nSPS) is 12.1. The summed E-state index contributed by atoms with van der Waals surface area (Å²) >= 11 is 0. The summed E-state index contributed by atoms with van der Waals surface area (Å²) in [6.45, 7) is 8.51. The zero-order chi connectivity index (χ0) is 24.9. The summed E-state index contributed by atoms with van der Waals surface area (Å²) in [6.07, 6.45) is 0.395. The van der Waals surface area contributed by atoms with Crippen LogP contribution in [0, 0.1) is 0 Å². The molecule has 1 unspecified atom stereocenters. The van der Waals surface area contributed by atoms with Gasteiger partial charge in [-0.1, -0.05) is 86.3 Å². The molecule has 0 saturated heterocycles. The first-order chi connectivity index (χ1) is 16.9. The van der Waals surface area contributed by atoms with Gasteiger partial charge in [-0.15, -0.1) is 0 Å². The van der Waals surface area contributed by atoms with E-state index >= 15 is 0 Å². The fraction of sp³-hybridized carbons (Fsp3) is 0.207. The van der Waals surface area contributed by atoms with Gasteiger partial charge in [0.2, 0.25) is 5.91 Å². The Labute approximate surface area is 206 Å². The summed E-state index contributed by atoms with van der Waals surface area (Å²) < 4.78 is 0. The van der Waals surface area contributed by atoms with Gasteiger partial charge in [-0.2, -0.15) is 0 Å². The molecule has 0 aliphatic heterocycles.